The SMILES string of the molecule is CC(C)CCCOc1nc(N)nc(N2CCCCC2)n1. The van der Waals surface area contributed by atoms with Gasteiger partial charge in [-0.2, -0.15) is 15.0 Å². The minimum Gasteiger partial charge on any atom is -0.463 e. The standard InChI is InChI=1S/C14H25N5O/c1-11(2)7-6-10-20-14-17-12(15)16-13(18-14)19-8-4-3-5-9-19/h11H,3-10H2,1-2H3,(H2,15,16,17,18). The molecule has 1 fully saturated rings. The average molecular weight is 279 g/mol. The van der Waals surface area contributed by atoms with Crippen molar-refractivity contribution in [3.8, 4) is 6.01 Å². The van der Waals surface area contributed by atoms with Gasteiger partial charge in [0.05, 0.1) is 6.61 Å². The molecular weight excluding hydrogens is 254 g/mol. The molecule has 1 saturated heterocycles. The van der Waals surface area contributed by atoms with E-state index in [2.05, 4.69) is 33.7 Å². The number of ether oxygens (including phenoxy) is 1. The first-order chi connectivity index (χ1) is 9.65. The highest BCUT2D eigenvalue weighted by Crippen LogP contribution is 2.18. The number of hydrogen-bond acceptors (Lipinski definition) is 6. The lowest BCUT2D eigenvalue weighted by Crippen LogP contribution is -2.31. The van der Waals surface area contributed by atoms with Crippen LogP contribution in [-0.2, 0) is 0 Å². The van der Waals surface area contributed by atoms with Gasteiger partial charge in [0.15, 0.2) is 0 Å². The van der Waals surface area contributed by atoms with E-state index < -0.39 is 0 Å². The van der Waals surface area contributed by atoms with Crippen LogP contribution >= 0.6 is 0 Å². The van der Waals surface area contributed by atoms with Crippen LogP contribution in [0.3, 0.4) is 0 Å². The molecule has 0 spiro atoms. The van der Waals surface area contributed by atoms with Gasteiger partial charge in [-0.25, -0.2) is 0 Å². The fraction of sp³-hybridized carbons (Fsp3) is 0.786. The van der Waals surface area contributed by atoms with E-state index in [1.807, 2.05) is 0 Å². The third-order valence-electron chi connectivity index (χ3n) is 3.42. The maximum Gasteiger partial charge on any atom is 0.323 e. The van der Waals surface area contributed by atoms with Crippen molar-refractivity contribution in [2.24, 2.45) is 5.92 Å². The van der Waals surface area contributed by atoms with Crippen molar-refractivity contribution in [2.45, 2.75) is 46.0 Å². The predicted molar refractivity (Wildman–Crippen MR) is 79.9 cm³/mol. The third kappa shape index (κ3) is 4.51. The third-order valence-corrected chi connectivity index (χ3v) is 3.42. The van der Waals surface area contributed by atoms with E-state index in [1.54, 1.807) is 0 Å². The molecule has 20 heavy (non-hydrogen) atoms. The smallest absolute Gasteiger partial charge is 0.323 e. The number of anilines is 2. The Morgan fingerprint density at radius 3 is 2.60 bits per heavy atom. The van der Waals surface area contributed by atoms with E-state index in [0.717, 1.165) is 25.9 Å². The van der Waals surface area contributed by atoms with Gasteiger partial charge < -0.3 is 15.4 Å². The van der Waals surface area contributed by atoms with Gasteiger partial charge in [0.25, 0.3) is 0 Å². The van der Waals surface area contributed by atoms with Gasteiger partial charge in [-0.05, 0) is 38.0 Å². The highest BCUT2D eigenvalue weighted by Gasteiger charge is 2.15. The van der Waals surface area contributed by atoms with E-state index in [0.29, 0.717) is 24.5 Å². The Bertz CT molecular complexity index is 418. The predicted octanol–water partition coefficient (Wildman–Crippen LogP) is 2.26. The van der Waals surface area contributed by atoms with Crippen LogP contribution in [0.5, 0.6) is 6.01 Å². The van der Waals surface area contributed by atoms with E-state index in [-0.39, 0.29) is 5.95 Å². The van der Waals surface area contributed by atoms with E-state index in [9.17, 15) is 0 Å². The summed E-state index contributed by atoms with van der Waals surface area (Å²) in [5.74, 6) is 1.57. The Morgan fingerprint density at radius 1 is 1.15 bits per heavy atom. The number of rotatable bonds is 6. The highest BCUT2D eigenvalue weighted by atomic mass is 16.5. The summed E-state index contributed by atoms with van der Waals surface area (Å²) in [5, 5.41) is 0. The minimum atomic E-state index is 0.236. The number of nitrogens with two attached hydrogens (primary N) is 1. The summed E-state index contributed by atoms with van der Waals surface area (Å²) in [7, 11) is 0. The molecule has 6 nitrogen and oxygen atoms in total. The monoisotopic (exact) mass is 279 g/mol. The minimum absolute atomic E-state index is 0.236. The number of piperidine rings is 1. The summed E-state index contributed by atoms with van der Waals surface area (Å²) in [6.45, 7) is 7.00. The van der Waals surface area contributed by atoms with Crippen molar-refractivity contribution in [3.05, 3.63) is 0 Å². The summed E-state index contributed by atoms with van der Waals surface area (Å²) in [4.78, 5) is 14.8. The van der Waals surface area contributed by atoms with Crippen molar-refractivity contribution in [1.82, 2.24) is 15.0 Å². The lowest BCUT2D eigenvalue weighted by Gasteiger charge is -2.26. The molecular formula is C14H25N5O. The molecule has 0 aromatic carbocycles. The van der Waals surface area contributed by atoms with Gasteiger partial charge >= 0.3 is 6.01 Å². The number of nitrogen functional groups attached to an aromatic ring is 1. The Kier molecular flexibility index (Phi) is 5.38. The second kappa shape index (κ2) is 7.26. The van der Waals surface area contributed by atoms with Crippen molar-refractivity contribution in [2.75, 3.05) is 30.3 Å². The Balaban J connectivity index is 1.93. The van der Waals surface area contributed by atoms with Crippen LogP contribution in [0.15, 0.2) is 0 Å². The van der Waals surface area contributed by atoms with Crippen molar-refractivity contribution < 1.29 is 4.74 Å². The highest BCUT2D eigenvalue weighted by molar-refractivity contribution is 5.36. The van der Waals surface area contributed by atoms with E-state index in [1.165, 1.54) is 19.3 Å². The second-order valence-electron chi connectivity index (χ2n) is 5.71. The summed E-state index contributed by atoms with van der Waals surface area (Å²) in [6.07, 6.45) is 5.77. The van der Waals surface area contributed by atoms with Crippen LogP contribution in [0.2, 0.25) is 0 Å². The summed E-state index contributed by atoms with van der Waals surface area (Å²) >= 11 is 0. The molecule has 1 aromatic heterocycles. The molecule has 112 valence electrons. The zero-order chi connectivity index (χ0) is 14.4. The van der Waals surface area contributed by atoms with Crippen LogP contribution in [0.25, 0.3) is 0 Å². The van der Waals surface area contributed by atoms with Crippen molar-refractivity contribution in [3.63, 3.8) is 0 Å². The zero-order valence-electron chi connectivity index (χ0n) is 12.5. The fourth-order valence-corrected chi connectivity index (χ4v) is 2.32. The Morgan fingerprint density at radius 2 is 1.90 bits per heavy atom. The first-order valence-electron chi connectivity index (χ1n) is 7.54. The molecule has 0 bridgehead atoms. The van der Waals surface area contributed by atoms with Crippen LogP contribution in [0.1, 0.15) is 46.0 Å². The first kappa shape index (κ1) is 14.8. The maximum atomic E-state index is 5.75. The molecule has 0 saturated carbocycles. The first-order valence-corrected chi connectivity index (χ1v) is 7.54. The number of hydrogen-bond donors (Lipinski definition) is 1. The Hall–Kier alpha value is -1.59. The fourth-order valence-electron chi connectivity index (χ4n) is 2.32. The van der Waals surface area contributed by atoms with Crippen LogP contribution in [-0.4, -0.2) is 34.6 Å². The summed E-state index contributed by atoms with van der Waals surface area (Å²) in [6, 6.07) is 0.349. The largest absolute Gasteiger partial charge is 0.463 e. The second-order valence-corrected chi connectivity index (χ2v) is 5.71. The molecule has 0 unspecified atom stereocenters. The van der Waals surface area contributed by atoms with Gasteiger partial charge in [0, 0.05) is 13.1 Å². The lowest BCUT2D eigenvalue weighted by atomic mass is 10.1. The quantitative estimate of drug-likeness (QED) is 0.805. The van der Waals surface area contributed by atoms with Crippen LogP contribution in [0.4, 0.5) is 11.9 Å². The number of nitrogens with zero attached hydrogens (tertiary/aromatic N) is 4. The van der Waals surface area contributed by atoms with Gasteiger partial charge in [0.1, 0.15) is 0 Å². The van der Waals surface area contributed by atoms with Gasteiger partial charge in [-0.3, -0.25) is 0 Å². The normalized spacial score (nSPS) is 15.7. The molecule has 2 rings (SSSR count). The molecule has 2 heterocycles. The van der Waals surface area contributed by atoms with Crippen molar-refractivity contribution in [1.29, 1.82) is 0 Å². The molecule has 6 heteroatoms. The zero-order valence-corrected chi connectivity index (χ0v) is 12.5. The molecule has 0 radical (unpaired) electrons. The van der Waals surface area contributed by atoms with E-state index >= 15 is 0 Å². The number of aromatic nitrogens is 3. The molecule has 2 N–H and O–H groups in total. The van der Waals surface area contributed by atoms with Gasteiger partial charge in [0.2, 0.25) is 11.9 Å². The molecule has 1 aliphatic heterocycles. The average Bonchev–Trinajstić information content (AvgIpc) is 2.44. The van der Waals surface area contributed by atoms with Crippen LogP contribution in [0, 0.1) is 5.92 Å². The molecule has 1 aliphatic rings. The molecule has 0 aliphatic carbocycles. The van der Waals surface area contributed by atoms with E-state index in [4.69, 9.17) is 10.5 Å². The molecule has 0 amide bonds. The van der Waals surface area contributed by atoms with Gasteiger partial charge in [-0.15, -0.1) is 0 Å². The topological polar surface area (TPSA) is 77.2 Å². The van der Waals surface area contributed by atoms with Crippen molar-refractivity contribution >= 4 is 11.9 Å². The lowest BCUT2D eigenvalue weighted by molar-refractivity contribution is 0.275. The summed E-state index contributed by atoms with van der Waals surface area (Å²) in [5.41, 5.74) is 5.75. The molecule has 0 atom stereocenters. The molecule has 1 aromatic rings. The summed E-state index contributed by atoms with van der Waals surface area (Å²) < 4.78 is 5.60. The van der Waals surface area contributed by atoms with Crippen LogP contribution < -0.4 is 15.4 Å². The van der Waals surface area contributed by atoms with Gasteiger partial charge in [-0.1, -0.05) is 13.8 Å². The Labute approximate surface area is 120 Å². The maximum absolute atomic E-state index is 5.75.